The number of aryl methyl sites for hydroxylation is 1. The average Bonchev–Trinajstić information content (AvgIpc) is 2.30. The van der Waals surface area contributed by atoms with Crippen molar-refractivity contribution in [1.29, 1.82) is 0 Å². The minimum atomic E-state index is -3.66. The summed E-state index contributed by atoms with van der Waals surface area (Å²) >= 11 is 0. The molecule has 2 unspecified atom stereocenters. The fourth-order valence-electron chi connectivity index (χ4n) is 2.51. The van der Waals surface area contributed by atoms with Gasteiger partial charge in [0.05, 0.1) is 4.90 Å². The van der Waals surface area contributed by atoms with Gasteiger partial charge in [0.15, 0.2) is 0 Å². The van der Waals surface area contributed by atoms with E-state index in [0.717, 1.165) is 36.9 Å². The Kier molecular flexibility index (Phi) is 4.13. The first kappa shape index (κ1) is 14.3. The third-order valence-electron chi connectivity index (χ3n) is 3.61. The van der Waals surface area contributed by atoms with Crippen molar-refractivity contribution < 1.29 is 8.42 Å². The second kappa shape index (κ2) is 5.48. The van der Waals surface area contributed by atoms with Gasteiger partial charge in [-0.3, -0.25) is 0 Å². The number of anilines is 1. The van der Waals surface area contributed by atoms with Gasteiger partial charge in [-0.15, -0.1) is 0 Å². The van der Waals surface area contributed by atoms with Gasteiger partial charge in [0, 0.05) is 17.8 Å². The number of rotatable bonds is 3. The summed E-state index contributed by atoms with van der Waals surface area (Å²) in [5.74, 6) is 0. The molecule has 2 atom stereocenters. The normalized spacial score (nSPS) is 24.2. The van der Waals surface area contributed by atoms with Crippen molar-refractivity contribution in [2.45, 2.75) is 49.6 Å². The summed E-state index contributed by atoms with van der Waals surface area (Å²) in [6.45, 7) is 1.94. The molecule has 5 nitrogen and oxygen atoms in total. The van der Waals surface area contributed by atoms with E-state index in [9.17, 15) is 8.42 Å². The van der Waals surface area contributed by atoms with Gasteiger partial charge in [0.1, 0.15) is 0 Å². The molecule has 1 aromatic carbocycles. The summed E-state index contributed by atoms with van der Waals surface area (Å²) in [6.07, 6.45) is 4.15. The van der Waals surface area contributed by atoms with Gasteiger partial charge in [-0.25, -0.2) is 13.6 Å². The van der Waals surface area contributed by atoms with E-state index in [2.05, 4.69) is 5.32 Å². The van der Waals surface area contributed by atoms with Crippen molar-refractivity contribution in [2.24, 2.45) is 10.9 Å². The van der Waals surface area contributed by atoms with Gasteiger partial charge < -0.3 is 11.1 Å². The summed E-state index contributed by atoms with van der Waals surface area (Å²) in [7, 11) is -3.66. The third kappa shape index (κ3) is 3.68. The van der Waals surface area contributed by atoms with E-state index in [1.165, 1.54) is 6.07 Å². The second-order valence-electron chi connectivity index (χ2n) is 5.29. The highest BCUT2D eigenvalue weighted by Crippen LogP contribution is 2.25. The van der Waals surface area contributed by atoms with Crippen LogP contribution in [0.4, 0.5) is 5.69 Å². The third-order valence-corrected chi connectivity index (χ3v) is 4.52. The zero-order valence-electron chi connectivity index (χ0n) is 11.1. The zero-order chi connectivity index (χ0) is 14.0. The van der Waals surface area contributed by atoms with Gasteiger partial charge in [-0.05, 0) is 50.3 Å². The van der Waals surface area contributed by atoms with Gasteiger partial charge in [0.25, 0.3) is 0 Å². The number of hydrogen-bond donors (Lipinski definition) is 3. The van der Waals surface area contributed by atoms with Crippen LogP contribution < -0.4 is 16.2 Å². The van der Waals surface area contributed by atoms with E-state index >= 15 is 0 Å². The van der Waals surface area contributed by atoms with Gasteiger partial charge >= 0.3 is 0 Å². The van der Waals surface area contributed by atoms with E-state index in [4.69, 9.17) is 10.9 Å². The molecular weight excluding hydrogens is 262 g/mol. The van der Waals surface area contributed by atoms with Crippen molar-refractivity contribution in [3.8, 4) is 0 Å². The number of nitrogens with two attached hydrogens (primary N) is 2. The predicted molar refractivity (Wildman–Crippen MR) is 76.4 cm³/mol. The SMILES string of the molecule is Cc1ccc(S(N)(=O)=O)cc1NC1CCCC(N)C1. The van der Waals surface area contributed by atoms with Crippen LogP contribution >= 0.6 is 0 Å². The van der Waals surface area contributed by atoms with E-state index < -0.39 is 10.0 Å². The average molecular weight is 283 g/mol. The Hall–Kier alpha value is -1.11. The van der Waals surface area contributed by atoms with Gasteiger partial charge in [-0.2, -0.15) is 0 Å². The Bertz CT molecular complexity index is 557. The molecule has 5 N–H and O–H groups in total. The molecule has 1 fully saturated rings. The molecular formula is C13H21N3O2S. The lowest BCUT2D eigenvalue weighted by Crippen LogP contribution is -2.35. The molecule has 1 aliphatic rings. The molecule has 6 heteroatoms. The summed E-state index contributed by atoms with van der Waals surface area (Å²) in [4.78, 5) is 0.140. The van der Waals surface area contributed by atoms with Crippen LogP contribution in [-0.2, 0) is 10.0 Å². The molecule has 0 bridgehead atoms. The fraction of sp³-hybridized carbons (Fsp3) is 0.538. The number of nitrogens with one attached hydrogen (secondary N) is 1. The first-order valence-electron chi connectivity index (χ1n) is 6.52. The summed E-state index contributed by atoms with van der Waals surface area (Å²) in [6, 6.07) is 5.43. The minimum Gasteiger partial charge on any atom is -0.382 e. The van der Waals surface area contributed by atoms with Gasteiger partial charge in [-0.1, -0.05) is 6.07 Å². The molecule has 0 saturated heterocycles. The molecule has 0 heterocycles. The van der Waals surface area contributed by atoms with Crippen molar-refractivity contribution in [2.75, 3.05) is 5.32 Å². The lowest BCUT2D eigenvalue weighted by atomic mass is 9.91. The number of primary sulfonamides is 1. The molecule has 1 aliphatic carbocycles. The molecule has 1 aromatic rings. The van der Waals surface area contributed by atoms with Crippen LogP contribution in [0.2, 0.25) is 0 Å². The lowest BCUT2D eigenvalue weighted by molar-refractivity contribution is 0.409. The molecule has 0 aromatic heterocycles. The molecule has 19 heavy (non-hydrogen) atoms. The molecule has 2 rings (SSSR count). The Morgan fingerprint density at radius 3 is 2.68 bits per heavy atom. The van der Waals surface area contributed by atoms with Crippen LogP contribution in [0.5, 0.6) is 0 Å². The van der Waals surface area contributed by atoms with E-state index in [1.54, 1.807) is 12.1 Å². The molecule has 106 valence electrons. The molecule has 0 spiro atoms. The highest BCUT2D eigenvalue weighted by molar-refractivity contribution is 7.89. The first-order valence-corrected chi connectivity index (χ1v) is 8.06. The Balaban J connectivity index is 2.19. The van der Waals surface area contributed by atoms with Crippen LogP contribution in [0.15, 0.2) is 23.1 Å². The zero-order valence-corrected chi connectivity index (χ0v) is 11.9. The van der Waals surface area contributed by atoms with E-state index in [0.29, 0.717) is 6.04 Å². The van der Waals surface area contributed by atoms with Crippen LogP contribution in [0.3, 0.4) is 0 Å². The topological polar surface area (TPSA) is 98.2 Å². The maximum atomic E-state index is 11.4. The molecule has 0 radical (unpaired) electrons. The Morgan fingerprint density at radius 1 is 1.32 bits per heavy atom. The molecule has 0 amide bonds. The highest BCUT2D eigenvalue weighted by atomic mass is 32.2. The number of benzene rings is 1. The van der Waals surface area contributed by atoms with Crippen LogP contribution in [0.1, 0.15) is 31.2 Å². The summed E-state index contributed by atoms with van der Waals surface area (Å²) < 4.78 is 22.7. The van der Waals surface area contributed by atoms with E-state index in [1.807, 2.05) is 6.92 Å². The standard InChI is InChI=1S/C13H21N3O2S/c1-9-5-6-12(19(15,17)18)8-13(9)16-11-4-2-3-10(14)7-11/h5-6,8,10-11,16H,2-4,7,14H2,1H3,(H2,15,17,18). The Labute approximate surface area is 114 Å². The highest BCUT2D eigenvalue weighted by Gasteiger charge is 2.20. The largest absolute Gasteiger partial charge is 0.382 e. The van der Waals surface area contributed by atoms with Crippen LogP contribution in [0, 0.1) is 6.92 Å². The maximum Gasteiger partial charge on any atom is 0.238 e. The number of hydrogen-bond acceptors (Lipinski definition) is 4. The Morgan fingerprint density at radius 2 is 2.05 bits per heavy atom. The van der Waals surface area contributed by atoms with E-state index in [-0.39, 0.29) is 10.9 Å². The quantitative estimate of drug-likeness (QED) is 0.779. The minimum absolute atomic E-state index is 0.140. The van der Waals surface area contributed by atoms with Gasteiger partial charge in [0.2, 0.25) is 10.0 Å². The summed E-state index contributed by atoms with van der Waals surface area (Å²) in [5, 5.41) is 8.55. The number of sulfonamides is 1. The van der Waals surface area contributed by atoms with Crippen molar-refractivity contribution >= 4 is 15.7 Å². The van der Waals surface area contributed by atoms with Crippen molar-refractivity contribution in [1.82, 2.24) is 0 Å². The monoisotopic (exact) mass is 283 g/mol. The first-order chi connectivity index (χ1) is 8.86. The molecule has 1 saturated carbocycles. The van der Waals surface area contributed by atoms with Crippen LogP contribution in [-0.4, -0.2) is 20.5 Å². The van der Waals surface area contributed by atoms with Crippen molar-refractivity contribution in [3.05, 3.63) is 23.8 Å². The lowest BCUT2D eigenvalue weighted by Gasteiger charge is -2.28. The molecule has 0 aliphatic heterocycles. The van der Waals surface area contributed by atoms with Crippen molar-refractivity contribution in [3.63, 3.8) is 0 Å². The fourth-order valence-corrected chi connectivity index (χ4v) is 3.05. The predicted octanol–water partition coefficient (Wildman–Crippen LogP) is 1.32. The summed E-state index contributed by atoms with van der Waals surface area (Å²) in [5.41, 5.74) is 7.79. The maximum absolute atomic E-state index is 11.4. The second-order valence-corrected chi connectivity index (χ2v) is 6.85. The smallest absolute Gasteiger partial charge is 0.238 e. The van der Waals surface area contributed by atoms with Crippen LogP contribution in [0.25, 0.3) is 0 Å².